The summed E-state index contributed by atoms with van der Waals surface area (Å²) in [5.74, 6) is 0.00953. The van der Waals surface area contributed by atoms with Crippen LogP contribution in [0.15, 0.2) is 36.7 Å². The maximum atomic E-state index is 15.0. The van der Waals surface area contributed by atoms with Crippen molar-refractivity contribution in [3.8, 4) is 5.69 Å². The number of nitrogens with zero attached hydrogens (tertiary/aromatic N) is 5. The highest BCUT2D eigenvalue weighted by molar-refractivity contribution is 7.93. The number of benzene rings is 1. The standard InChI is InChI=1S/C24H29FN6O3S/c1-14(2)34-21(22-26-12-15(3)13-27-22)17(5)35(32,33)30-24-29-28-23-16(4)8-6-9-18-10-7-11-19(25)20(18)31(23)24/h6-7,9-14,16-17,21H,8H2,1-5H3,(H,29,30)/t16-,17+,21-/m1/s1. The summed E-state index contributed by atoms with van der Waals surface area (Å²) in [5.41, 5.74) is 1.63. The minimum absolute atomic E-state index is 0.0894. The van der Waals surface area contributed by atoms with Gasteiger partial charge in [0.05, 0.1) is 11.8 Å². The Morgan fingerprint density at radius 1 is 1.17 bits per heavy atom. The lowest BCUT2D eigenvalue weighted by molar-refractivity contribution is 0.00152. The molecule has 0 bridgehead atoms. The quantitative estimate of drug-likeness (QED) is 0.514. The third-order valence-electron chi connectivity index (χ3n) is 5.78. The van der Waals surface area contributed by atoms with E-state index in [0.717, 1.165) is 5.56 Å². The molecule has 1 aliphatic rings. The van der Waals surface area contributed by atoms with Crippen molar-refractivity contribution in [2.45, 2.75) is 64.4 Å². The summed E-state index contributed by atoms with van der Waals surface area (Å²) in [5, 5.41) is 7.22. The molecule has 0 fully saturated rings. The number of sulfonamides is 1. The third kappa shape index (κ3) is 5.10. The number of nitrogens with one attached hydrogen (secondary N) is 1. The van der Waals surface area contributed by atoms with E-state index in [9.17, 15) is 8.42 Å². The number of anilines is 1. The van der Waals surface area contributed by atoms with Gasteiger partial charge in [-0.2, -0.15) is 0 Å². The Balaban J connectivity index is 1.75. The Labute approximate surface area is 204 Å². The van der Waals surface area contributed by atoms with Gasteiger partial charge >= 0.3 is 0 Å². The number of halogens is 1. The number of allylic oxidation sites excluding steroid dienone is 1. The molecule has 0 saturated carbocycles. The first-order valence-electron chi connectivity index (χ1n) is 11.4. The summed E-state index contributed by atoms with van der Waals surface area (Å²) >= 11 is 0. The van der Waals surface area contributed by atoms with Crippen molar-refractivity contribution < 1.29 is 17.5 Å². The smallest absolute Gasteiger partial charge is 0.243 e. The molecule has 3 atom stereocenters. The van der Waals surface area contributed by atoms with Crippen molar-refractivity contribution in [1.29, 1.82) is 0 Å². The van der Waals surface area contributed by atoms with Gasteiger partial charge in [-0.1, -0.05) is 31.2 Å². The molecule has 186 valence electrons. The number of rotatable bonds is 7. The average Bonchev–Trinajstić information content (AvgIpc) is 3.18. The van der Waals surface area contributed by atoms with Crippen molar-refractivity contribution in [3.05, 3.63) is 65.3 Å². The van der Waals surface area contributed by atoms with Crippen molar-refractivity contribution in [2.24, 2.45) is 0 Å². The fourth-order valence-electron chi connectivity index (χ4n) is 3.92. The topological polar surface area (TPSA) is 112 Å². The Morgan fingerprint density at radius 3 is 2.57 bits per heavy atom. The highest BCUT2D eigenvalue weighted by Gasteiger charge is 2.36. The van der Waals surface area contributed by atoms with Crippen LogP contribution in [0.3, 0.4) is 0 Å². The van der Waals surface area contributed by atoms with Crippen LogP contribution in [0, 0.1) is 12.7 Å². The van der Waals surface area contributed by atoms with Crippen molar-refractivity contribution >= 4 is 22.0 Å². The molecule has 0 unspecified atom stereocenters. The van der Waals surface area contributed by atoms with E-state index in [1.165, 1.54) is 17.6 Å². The van der Waals surface area contributed by atoms with Gasteiger partial charge in [0.15, 0.2) is 5.82 Å². The van der Waals surface area contributed by atoms with Gasteiger partial charge in [0.2, 0.25) is 16.0 Å². The second kappa shape index (κ2) is 9.82. The molecule has 3 heterocycles. The highest BCUT2D eigenvalue weighted by Crippen LogP contribution is 2.33. The molecular formula is C24H29FN6O3S. The van der Waals surface area contributed by atoms with Gasteiger partial charge in [-0.25, -0.2) is 22.8 Å². The van der Waals surface area contributed by atoms with E-state index in [0.29, 0.717) is 17.8 Å². The number of para-hydroxylation sites is 1. The number of fused-ring (bicyclic) bond motifs is 3. The number of aromatic nitrogens is 5. The van der Waals surface area contributed by atoms with E-state index in [1.807, 2.05) is 39.8 Å². The van der Waals surface area contributed by atoms with Gasteiger partial charge in [-0.15, -0.1) is 10.2 Å². The normalized spacial score (nSPS) is 17.3. The van der Waals surface area contributed by atoms with Crippen LogP contribution in [-0.4, -0.2) is 44.5 Å². The summed E-state index contributed by atoms with van der Waals surface area (Å²) in [7, 11) is -4.09. The van der Waals surface area contributed by atoms with Crippen LogP contribution in [0.5, 0.6) is 0 Å². The molecule has 1 aromatic carbocycles. The Bertz CT molecular complexity index is 1340. The fraction of sp³-hybridized carbons (Fsp3) is 0.417. The molecule has 35 heavy (non-hydrogen) atoms. The Morgan fingerprint density at radius 2 is 1.89 bits per heavy atom. The van der Waals surface area contributed by atoms with E-state index >= 15 is 4.39 Å². The number of hydrogen-bond donors (Lipinski definition) is 1. The zero-order valence-corrected chi connectivity index (χ0v) is 21.1. The lowest BCUT2D eigenvalue weighted by Crippen LogP contribution is -2.35. The van der Waals surface area contributed by atoms with Crippen LogP contribution in [0.25, 0.3) is 11.8 Å². The van der Waals surface area contributed by atoms with Gasteiger partial charge in [-0.05, 0) is 45.7 Å². The second-order valence-electron chi connectivity index (χ2n) is 9.01. The predicted octanol–water partition coefficient (Wildman–Crippen LogP) is 4.32. The molecular weight excluding hydrogens is 471 g/mol. The minimum atomic E-state index is -4.09. The molecule has 0 amide bonds. The van der Waals surface area contributed by atoms with Gasteiger partial charge in [0.25, 0.3) is 0 Å². The predicted molar refractivity (Wildman–Crippen MR) is 131 cm³/mol. The van der Waals surface area contributed by atoms with Crippen molar-refractivity contribution in [2.75, 3.05) is 4.72 Å². The molecule has 1 N–H and O–H groups in total. The van der Waals surface area contributed by atoms with Crippen LogP contribution in [0.1, 0.15) is 68.9 Å². The fourth-order valence-corrected chi connectivity index (χ4v) is 5.00. The molecule has 2 aromatic heterocycles. The van der Waals surface area contributed by atoms with Crippen LogP contribution < -0.4 is 4.72 Å². The largest absolute Gasteiger partial charge is 0.366 e. The zero-order chi connectivity index (χ0) is 25.3. The molecule has 0 saturated heterocycles. The maximum absolute atomic E-state index is 15.0. The molecule has 3 aromatic rings. The molecule has 0 radical (unpaired) electrons. The monoisotopic (exact) mass is 500 g/mol. The van der Waals surface area contributed by atoms with Gasteiger partial charge in [0, 0.05) is 23.9 Å². The first kappa shape index (κ1) is 24.9. The molecule has 4 rings (SSSR count). The highest BCUT2D eigenvalue weighted by atomic mass is 32.2. The van der Waals surface area contributed by atoms with Crippen molar-refractivity contribution in [1.82, 2.24) is 24.7 Å². The number of hydrogen-bond acceptors (Lipinski definition) is 7. The van der Waals surface area contributed by atoms with Crippen LogP contribution in [-0.2, 0) is 14.8 Å². The lowest BCUT2D eigenvalue weighted by atomic mass is 10.0. The summed E-state index contributed by atoms with van der Waals surface area (Å²) in [4.78, 5) is 8.58. The average molecular weight is 501 g/mol. The molecule has 11 heteroatoms. The summed E-state index contributed by atoms with van der Waals surface area (Å²) in [6.07, 6.45) is 6.43. The van der Waals surface area contributed by atoms with E-state index in [2.05, 4.69) is 24.9 Å². The van der Waals surface area contributed by atoms with E-state index < -0.39 is 27.2 Å². The summed E-state index contributed by atoms with van der Waals surface area (Å²) in [6.45, 7) is 8.91. The Kier molecular flexibility index (Phi) is 7.00. The zero-order valence-electron chi connectivity index (χ0n) is 20.3. The van der Waals surface area contributed by atoms with Gasteiger partial charge in [0.1, 0.15) is 23.0 Å². The van der Waals surface area contributed by atoms with Crippen LogP contribution in [0.2, 0.25) is 0 Å². The van der Waals surface area contributed by atoms with E-state index in [-0.39, 0.29) is 29.5 Å². The van der Waals surface area contributed by atoms with Crippen LogP contribution >= 0.6 is 0 Å². The van der Waals surface area contributed by atoms with E-state index in [1.54, 1.807) is 24.5 Å². The first-order valence-corrected chi connectivity index (χ1v) is 13.0. The number of aryl methyl sites for hydroxylation is 1. The van der Waals surface area contributed by atoms with Crippen molar-refractivity contribution in [3.63, 3.8) is 0 Å². The number of ether oxygens (including phenoxy) is 1. The van der Waals surface area contributed by atoms with Gasteiger partial charge < -0.3 is 4.74 Å². The molecule has 0 spiro atoms. The molecule has 0 aliphatic carbocycles. The lowest BCUT2D eigenvalue weighted by Gasteiger charge is -2.26. The maximum Gasteiger partial charge on any atom is 0.243 e. The SMILES string of the molecule is Cc1cnc([C@H](OC(C)C)[C@H](C)S(=O)(=O)Nc2nnc3n2-c2c(F)cccc2C=CC[C@H]3C)nc1. The Hall–Kier alpha value is -3.18. The summed E-state index contributed by atoms with van der Waals surface area (Å²) in [6, 6.07) is 4.69. The molecule has 1 aliphatic heterocycles. The van der Waals surface area contributed by atoms with E-state index in [4.69, 9.17) is 4.74 Å². The summed E-state index contributed by atoms with van der Waals surface area (Å²) < 4.78 is 52.0. The third-order valence-corrected chi connectivity index (χ3v) is 7.47. The van der Waals surface area contributed by atoms with Gasteiger partial charge in [-0.3, -0.25) is 9.29 Å². The second-order valence-corrected chi connectivity index (χ2v) is 11.0. The van der Waals surface area contributed by atoms with Crippen LogP contribution in [0.4, 0.5) is 10.3 Å². The molecule has 9 nitrogen and oxygen atoms in total. The first-order chi connectivity index (χ1) is 16.6. The minimum Gasteiger partial charge on any atom is -0.366 e.